The van der Waals surface area contributed by atoms with Crippen molar-refractivity contribution in [1.29, 1.82) is 0 Å². The minimum Gasteiger partial charge on any atom is -0.332 e. The molecule has 3 heterocycles. The second-order valence-electron chi connectivity index (χ2n) is 4.67. The smallest absolute Gasteiger partial charge is 0.276 e. The van der Waals surface area contributed by atoms with E-state index >= 15 is 0 Å². The van der Waals surface area contributed by atoms with Gasteiger partial charge in [-0.3, -0.25) is 4.98 Å². The number of pyridine rings is 1. The molecule has 0 saturated carbocycles. The molecule has 0 fully saturated rings. The average Bonchev–Trinajstić information content (AvgIpc) is 3.25. The van der Waals surface area contributed by atoms with E-state index < -0.39 is 0 Å². The molecule has 4 rings (SSSR count). The number of hydrogen-bond donors (Lipinski definition) is 0. The molecule has 112 valence electrons. The molecular formula is C15H9FN6O. The first-order chi connectivity index (χ1) is 11.3. The Morgan fingerprint density at radius 3 is 2.83 bits per heavy atom. The SMILES string of the molecule is Fc1cccc(-n2cc(-c3noc(-c4ccccn4)n3)nn2)c1. The van der Waals surface area contributed by atoms with Crippen molar-refractivity contribution in [2.24, 2.45) is 0 Å². The molecule has 4 aromatic rings. The quantitative estimate of drug-likeness (QED) is 0.578. The van der Waals surface area contributed by atoms with Crippen molar-refractivity contribution >= 4 is 0 Å². The van der Waals surface area contributed by atoms with Crippen molar-refractivity contribution in [3.63, 3.8) is 0 Å². The lowest BCUT2D eigenvalue weighted by atomic mass is 10.3. The Morgan fingerprint density at radius 2 is 2.00 bits per heavy atom. The summed E-state index contributed by atoms with van der Waals surface area (Å²) in [5.41, 5.74) is 1.54. The van der Waals surface area contributed by atoms with Crippen molar-refractivity contribution in [1.82, 2.24) is 30.1 Å². The van der Waals surface area contributed by atoms with Crippen LogP contribution in [0.5, 0.6) is 0 Å². The summed E-state index contributed by atoms with van der Waals surface area (Å²) >= 11 is 0. The van der Waals surface area contributed by atoms with E-state index in [-0.39, 0.29) is 11.6 Å². The number of benzene rings is 1. The van der Waals surface area contributed by atoms with Gasteiger partial charge in [-0.1, -0.05) is 22.5 Å². The average molecular weight is 308 g/mol. The lowest BCUT2D eigenvalue weighted by Crippen LogP contribution is -1.94. The molecule has 3 aromatic heterocycles. The van der Waals surface area contributed by atoms with Crippen molar-refractivity contribution in [3.8, 4) is 28.8 Å². The Morgan fingerprint density at radius 1 is 1.04 bits per heavy atom. The van der Waals surface area contributed by atoms with Crippen molar-refractivity contribution in [2.45, 2.75) is 0 Å². The van der Waals surface area contributed by atoms with Crippen molar-refractivity contribution in [3.05, 3.63) is 60.7 Å². The molecular weight excluding hydrogens is 299 g/mol. The van der Waals surface area contributed by atoms with Gasteiger partial charge in [-0.05, 0) is 30.3 Å². The molecule has 0 aliphatic heterocycles. The van der Waals surface area contributed by atoms with E-state index in [1.54, 1.807) is 36.7 Å². The van der Waals surface area contributed by atoms with Crippen LogP contribution in [0.1, 0.15) is 0 Å². The predicted molar refractivity (Wildman–Crippen MR) is 77.8 cm³/mol. The molecule has 0 aliphatic carbocycles. The molecule has 0 atom stereocenters. The van der Waals surface area contributed by atoms with Crippen LogP contribution < -0.4 is 0 Å². The monoisotopic (exact) mass is 308 g/mol. The predicted octanol–water partition coefficient (Wildman–Crippen LogP) is 2.52. The van der Waals surface area contributed by atoms with Gasteiger partial charge in [-0.15, -0.1) is 5.10 Å². The first-order valence-electron chi connectivity index (χ1n) is 6.73. The fraction of sp³-hybridized carbons (Fsp3) is 0. The van der Waals surface area contributed by atoms with E-state index in [0.717, 1.165) is 0 Å². The Hall–Kier alpha value is -3.42. The van der Waals surface area contributed by atoms with Gasteiger partial charge in [0, 0.05) is 6.20 Å². The van der Waals surface area contributed by atoms with Crippen LogP contribution >= 0.6 is 0 Å². The summed E-state index contributed by atoms with van der Waals surface area (Å²) in [5.74, 6) is 0.228. The third kappa shape index (κ3) is 2.57. The second-order valence-corrected chi connectivity index (χ2v) is 4.67. The van der Waals surface area contributed by atoms with Crippen LogP contribution in [-0.2, 0) is 0 Å². The molecule has 0 amide bonds. The van der Waals surface area contributed by atoms with E-state index in [0.29, 0.717) is 23.0 Å². The number of nitrogens with zero attached hydrogens (tertiary/aromatic N) is 6. The zero-order valence-corrected chi connectivity index (χ0v) is 11.7. The Labute approximate surface area is 129 Å². The highest BCUT2D eigenvalue weighted by molar-refractivity contribution is 5.53. The Kier molecular flexibility index (Phi) is 3.12. The van der Waals surface area contributed by atoms with E-state index in [4.69, 9.17) is 4.52 Å². The number of aromatic nitrogens is 6. The standard InChI is InChI=1S/C15H9FN6O/c16-10-4-3-5-11(8-10)22-9-13(19-21-22)14-18-15(23-20-14)12-6-1-2-7-17-12/h1-9H. The van der Waals surface area contributed by atoms with Gasteiger partial charge in [0.25, 0.3) is 5.89 Å². The summed E-state index contributed by atoms with van der Waals surface area (Å²) < 4.78 is 19.9. The first kappa shape index (κ1) is 13.3. The Bertz CT molecular complexity index is 949. The molecule has 23 heavy (non-hydrogen) atoms. The molecule has 0 N–H and O–H groups in total. The van der Waals surface area contributed by atoms with E-state index in [1.807, 2.05) is 6.07 Å². The fourth-order valence-corrected chi connectivity index (χ4v) is 2.03. The van der Waals surface area contributed by atoms with Crippen LogP contribution in [0.25, 0.3) is 28.8 Å². The maximum absolute atomic E-state index is 13.3. The Balaban J connectivity index is 1.66. The van der Waals surface area contributed by atoms with Gasteiger partial charge in [-0.2, -0.15) is 4.98 Å². The third-order valence-electron chi connectivity index (χ3n) is 3.11. The van der Waals surface area contributed by atoms with Gasteiger partial charge < -0.3 is 4.52 Å². The number of rotatable bonds is 3. The molecule has 7 nitrogen and oxygen atoms in total. The third-order valence-corrected chi connectivity index (χ3v) is 3.11. The molecule has 0 spiro atoms. The molecule has 0 aliphatic rings. The van der Waals surface area contributed by atoms with Gasteiger partial charge in [0.05, 0.1) is 11.9 Å². The largest absolute Gasteiger partial charge is 0.332 e. The van der Waals surface area contributed by atoms with Crippen LogP contribution in [0, 0.1) is 5.82 Å². The molecule has 0 unspecified atom stereocenters. The van der Waals surface area contributed by atoms with Gasteiger partial charge >= 0.3 is 0 Å². The molecule has 0 saturated heterocycles. The molecule has 1 aromatic carbocycles. The highest BCUT2D eigenvalue weighted by Gasteiger charge is 2.14. The van der Waals surface area contributed by atoms with Gasteiger partial charge in [0.15, 0.2) is 5.69 Å². The maximum atomic E-state index is 13.3. The summed E-state index contributed by atoms with van der Waals surface area (Å²) in [7, 11) is 0. The van der Waals surface area contributed by atoms with Crippen LogP contribution in [0.2, 0.25) is 0 Å². The lowest BCUT2D eigenvalue weighted by molar-refractivity contribution is 0.431. The van der Waals surface area contributed by atoms with Crippen LogP contribution in [0.4, 0.5) is 4.39 Å². The minimum absolute atomic E-state index is 0.285. The second kappa shape index (κ2) is 5.41. The van der Waals surface area contributed by atoms with Gasteiger partial charge in [0.1, 0.15) is 11.5 Å². The summed E-state index contributed by atoms with van der Waals surface area (Å²) in [6, 6.07) is 11.4. The normalized spacial score (nSPS) is 10.8. The molecule has 0 bridgehead atoms. The van der Waals surface area contributed by atoms with Crippen LogP contribution in [-0.4, -0.2) is 30.1 Å². The van der Waals surface area contributed by atoms with Crippen molar-refractivity contribution in [2.75, 3.05) is 0 Å². The minimum atomic E-state index is -0.350. The summed E-state index contributed by atoms with van der Waals surface area (Å²) in [6.07, 6.45) is 3.24. The fourth-order valence-electron chi connectivity index (χ4n) is 2.03. The first-order valence-corrected chi connectivity index (χ1v) is 6.73. The maximum Gasteiger partial charge on any atom is 0.276 e. The summed E-state index contributed by atoms with van der Waals surface area (Å²) in [4.78, 5) is 8.38. The molecule has 0 radical (unpaired) electrons. The van der Waals surface area contributed by atoms with E-state index in [2.05, 4.69) is 25.4 Å². The highest BCUT2D eigenvalue weighted by atomic mass is 19.1. The summed E-state index contributed by atoms with van der Waals surface area (Å²) in [5, 5.41) is 11.8. The van der Waals surface area contributed by atoms with Crippen molar-refractivity contribution < 1.29 is 8.91 Å². The summed E-state index contributed by atoms with van der Waals surface area (Å²) in [6.45, 7) is 0. The van der Waals surface area contributed by atoms with Crippen LogP contribution in [0.15, 0.2) is 59.4 Å². The van der Waals surface area contributed by atoms with Gasteiger partial charge in [-0.25, -0.2) is 9.07 Å². The highest BCUT2D eigenvalue weighted by Crippen LogP contribution is 2.19. The topological polar surface area (TPSA) is 82.5 Å². The lowest BCUT2D eigenvalue weighted by Gasteiger charge is -1.98. The van der Waals surface area contributed by atoms with E-state index in [9.17, 15) is 4.39 Å². The van der Waals surface area contributed by atoms with Gasteiger partial charge in [0.2, 0.25) is 5.82 Å². The molecule has 8 heteroatoms. The number of hydrogen-bond acceptors (Lipinski definition) is 6. The zero-order chi connectivity index (χ0) is 15.6. The zero-order valence-electron chi connectivity index (χ0n) is 11.7. The number of halogens is 1. The van der Waals surface area contributed by atoms with E-state index in [1.165, 1.54) is 16.8 Å². The van der Waals surface area contributed by atoms with Crippen LogP contribution in [0.3, 0.4) is 0 Å².